The number of nitrogens with zero attached hydrogens (tertiary/aromatic N) is 1. The summed E-state index contributed by atoms with van der Waals surface area (Å²) >= 11 is 1.31. The fourth-order valence-corrected chi connectivity index (χ4v) is 4.68. The van der Waals surface area contributed by atoms with Crippen molar-refractivity contribution in [1.29, 1.82) is 0 Å². The molecular weight excluding hydrogens is 438 g/mol. The van der Waals surface area contributed by atoms with E-state index in [1.807, 2.05) is 30.3 Å². The van der Waals surface area contributed by atoms with Gasteiger partial charge in [-0.3, -0.25) is 14.9 Å². The molecule has 3 aromatic rings. The van der Waals surface area contributed by atoms with Crippen LogP contribution in [0.1, 0.15) is 34.5 Å². The largest absolute Gasteiger partial charge is 0.497 e. The lowest BCUT2D eigenvalue weighted by molar-refractivity contribution is -0.121. The number of anilines is 1. The van der Waals surface area contributed by atoms with E-state index in [2.05, 4.69) is 27.8 Å². The lowest BCUT2D eigenvalue weighted by Crippen LogP contribution is -2.45. The highest BCUT2D eigenvalue weighted by Gasteiger charge is 2.35. The third kappa shape index (κ3) is 5.77. The minimum absolute atomic E-state index is 0.0967. The lowest BCUT2D eigenvalue weighted by atomic mass is 9.74. The molecule has 2 N–H and O–H groups in total. The van der Waals surface area contributed by atoms with E-state index < -0.39 is 0 Å². The Labute approximate surface area is 197 Å². The number of hydrogen-bond acceptors (Lipinski definition) is 6. The third-order valence-corrected chi connectivity index (χ3v) is 6.73. The zero-order valence-electron chi connectivity index (χ0n) is 18.5. The summed E-state index contributed by atoms with van der Waals surface area (Å²) in [6.07, 6.45) is 1.84. The van der Waals surface area contributed by atoms with Gasteiger partial charge < -0.3 is 14.8 Å². The molecule has 33 heavy (non-hydrogen) atoms. The molecule has 1 aromatic heterocycles. The Balaban J connectivity index is 1.35. The van der Waals surface area contributed by atoms with Crippen molar-refractivity contribution in [2.75, 3.05) is 32.2 Å². The minimum atomic E-state index is -0.220. The summed E-state index contributed by atoms with van der Waals surface area (Å²) in [6.45, 7) is 1.86. The molecule has 1 saturated heterocycles. The van der Waals surface area contributed by atoms with Gasteiger partial charge in [-0.05, 0) is 42.7 Å². The fourth-order valence-electron chi connectivity index (χ4n) is 3.97. The van der Waals surface area contributed by atoms with E-state index in [1.165, 1.54) is 16.9 Å². The molecule has 2 amide bonds. The second kappa shape index (κ2) is 10.6. The number of ether oxygens (including phenoxy) is 2. The van der Waals surface area contributed by atoms with Crippen LogP contribution in [0.5, 0.6) is 5.75 Å². The standard InChI is InChI=1S/C25H27N3O4S/c1-31-21-9-7-19(8-10-21)25(11-13-32-14-12-25)17-26-22(29)15-20-16-33-24(27-20)28-23(30)18-5-3-2-4-6-18/h2-10,16H,11-15,17H2,1H3,(H,26,29)(H,27,28,30). The molecule has 4 rings (SSSR count). The van der Waals surface area contributed by atoms with Crippen molar-refractivity contribution in [3.05, 3.63) is 76.8 Å². The molecule has 2 aromatic carbocycles. The molecule has 7 nitrogen and oxygen atoms in total. The number of thiazole rings is 1. The molecule has 0 aliphatic carbocycles. The van der Waals surface area contributed by atoms with Crippen LogP contribution in [-0.4, -0.2) is 43.7 Å². The summed E-state index contributed by atoms with van der Waals surface area (Å²) in [5, 5.41) is 8.16. The van der Waals surface area contributed by atoms with Gasteiger partial charge in [0.05, 0.1) is 19.2 Å². The second-order valence-electron chi connectivity index (χ2n) is 8.04. The van der Waals surface area contributed by atoms with Gasteiger partial charge in [0.25, 0.3) is 5.91 Å². The van der Waals surface area contributed by atoms with Crippen LogP contribution in [0.25, 0.3) is 0 Å². The zero-order chi connectivity index (χ0) is 23.1. The first kappa shape index (κ1) is 22.9. The number of hydrogen-bond donors (Lipinski definition) is 2. The minimum Gasteiger partial charge on any atom is -0.497 e. The van der Waals surface area contributed by atoms with E-state index in [9.17, 15) is 9.59 Å². The number of nitrogens with one attached hydrogen (secondary N) is 2. The van der Waals surface area contributed by atoms with Crippen LogP contribution in [0, 0.1) is 0 Å². The predicted molar refractivity (Wildman–Crippen MR) is 128 cm³/mol. The summed E-state index contributed by atoms with van der Waals surface area (Å²) in [5.41, 5.74) is 2.20. The Morgan fingerprint density at radius 2 is 1.82 bits per heavy atom. The number of rotatable bonds is 8. The Morgan fingerprint density at radius 3 is 2.52 bits per heavy atom. The first-order valence-electron chi connectivity index (χ1n) is 10.9. The van der Waals surface area contributed by atoms with Crippen molar-refractivity contribution >= 4 is 28.3 Å². The normalized spacial score (nSPS) is 14.9. The Kier molecular flexibility index (Phi) is 7.36. The van der Waals surface area contributed by atoms with Gasteiger partial charge in [0.2, 0.25) is 5.91 Å². The lowest BCUT2D eigenvalue weighted by Gasteiger charge is -2.38. The number of aromatic nitrogens is 1. The smallest absolute Gasteiger partial charge is 0.257 e. The predicted octanol–water partition coefficient (Wildman–Crippen LogP) is 3.81. The highest BCUT2D eigenvalue weighted by atomic mass is 32.1. The highest BCUT2D eigenvalue weighted by molar-refractivity contribution is 7.14. The van der Waals surface area contributed by atoms with E-state index in [1.54, 1.807) is 24.6 Å². The molecule has 8 heteroatoms. The first-order chi connectivity index (χ1) is 16.1. The van der Waals surface area contributed by atoms with Crippen molar-refractivity contribution in [3.8, 4) is 5.75 Å². The maximum absolute atomic E-state index is 12.7. The molecular formula is C25H27N3O4S. The number of amides is 2. The van der Waals surface area contributed by atoms with Gasteiger partial charge in [-0.25, -0.2) is 4.98 Å². The van der Waals surface area contributed by atoms with E-state index >= 15 is 0 Å². The summed E-state index contributed by atoms with van der Waals surface area (Å²) in [7, 11) is 1.65. The molecule has 0 radical (unpaired) electrons. The van der Waals surface area contributed by atoms with Crippen LogP contribution in [0.15, 0.2) is 60.0 Å². The van der Waals surface area contributed by atoms with E-state index in [4.69, 9.17) is 9.47 Å². The molecule has 0 atom stereocenters. The monoisotopic (exact) mass is 465 g/mol. The van der Waals surface area contributed by atoms with Gasteiger partial charge in [0.15, 0.2) is 5.13 Å². The van der Waals surface area contributed by atoms with Crippen LogP contribution in [0.3, 0.4) is 0 Å². The maximum Gasteiger partial charge on any atom is 0.257 e. The molecule has 0 bridgehead atoms. The molecule has 1 fully saturated rings. The Hall–Kier alpha value is -3.23. The van der Waals surface area contributed by atoms with Crippen molar-refractivity contribution in [3.63, 3.8) is 0 Å². The van der Waals surface area contributed by atoms with Gasteiger partial charge in [-0.1, -0.05) is 30.3 Å². The van der Waals surface area contributed by atoms with Crippen LogP contribution in [0.2, 0.25) is 0 Å². The first-order valence-corrected chi connectivity index (χ1v) is 11.8. The summed E-state index contributed by atoms with van der Waals surface area (Å²) in [4.78, 5) is 29.4. The summed E-state index contributed by atoms with van der Waals surface area (Å²) in [6, 6.07) is 17.0. The van der Waals surface area contributed by atoms with Gasteiger partial charge in [0, 0.05) is 36.1 Å². The SMILES string of the molecule is COc1ccc(C2(CNC(=O)Cc3csc(NC(=O)c4ccccc4)n3)CCOCC2)cc1. The molecule has 2 heterocycles. The van der Waals surface area contributed by atoms with Gasteiger partial charge >= 0.3 is 0 Å². The number of methoxy groups -OCH3 is 1. The quantitative estimate of drug-likeness (QED) is 0.528. The third-order valence-electron chi connectivity index (χ3n) is 5.93. The summed E-state index contributed by atoms with van der Waals surface area (Å²) in [5.74, 6) is 0.492. The van der Waals surface area contributed by atoms with Crippen LogP contribution in [-0.2, 0) is 21.4 Å². The van der Waals surface area contributed by atoms with Gasteiger partial charge in [-0.2, -0.15) is 0 Å². The number of carbonyl (C=O) groups is 2. The highest BCUT2D eigenvalue weighted by Crippen LogP contribution is 2.35. The topological polar surface area (TPSA) is 89.6 Å². The van der Waals surface area contributed by atoms with Crippen molar-refractivity contribution in [2.45, 2.75) is 24.7 Å². The van der Waals surface area contributed by atoms with Gasteiger partial charge in [0.1, 0.15) is 5.75 Å². The number of benzene rings is 2. The maximum atomic E-state index is 12.7. The molecule has 0 spiro atoms. The Bertz CT molecular complexity index is 1080. The van der Waals surface area contributed by atoms with E-state index in [-0.39, 0.29) is 23.7 Å². The van der Waals surface area contributed by atoms with E-state index in [0.717, 1.165) is 18.6 Å². The zero-order valence-corrected chi connectivity index (χ0v) is 19.3. The second-order valence-corrected chi connectivity index (χ2v) is 8.90. The van der Waals surface area contributed by atoms with Crippen molar-refractivity contribution < 1.29 is 19.1 Å². The van der Waals surface area contributed by atoms with Crippen molar-refractivity contribution in [2.24, 2.45) is 0 Å². The van der Waals surface area contributed by atoms with Crippen LogP contribution < -0.4 is 15.4 Å². The van der Waals surface area contributed by atoms with Crippen LogP contribution in [0.4, 0.5) is 5.13 Å². The van der Waals surface area contributed by atoms with Gasteiger partial charge in [-0.15, -0.1) is 11.3 Å². The fraction of sp³-hybridized carbons (Fsp3) is 0.320. The Morgan fingerprint density at radius 1 is 1.09 bits per heavy atom. The average Bonchev–Trinajstić information content (AvgIpc) is 3.30. The molecule has 172 valence electrons. The average molecular weight is 466 g/mol. The molecule has 0 unspecified atom stereocenters. The van der Waals surface area contributed by atoms with Crippen molar-refractivity contribution in [1.82, 2.24) is 10.3 Å². The molecule has 0 saturated carbocycles. The van der Waals surface area contributed by atoms with Crippen LogP contribution >= 0.6 is 11.3 Å². The summed E-state index contributed by atoms with van der Waals surface area (Å²) < 4.78 is 10.9. The molecule has 1 aliphatic rings. The molecule has 1 aliphatic heterocycles. The van der Waals surface area contributed by atoms with E-state index in [0.29, 0.717) is 36.1 Å². The number of carbonyl (C=O) groups excluding carboxylic acids is 2.